The van der Waals surface area contributed by atoms with Crippen LogP contribution in [-0.4, -0.2) is 40.3 Å². The average molecular weight is 505 g/mol. The van der Waals surface area contributed by atoms with Crippen LogP contribution in [0.4, 0.5) is 0 Å². The lowest BCUT2D eigenvalue weighted by Crippen LogP contribution is -2.41. The first kappa shape index (κ1) is 21.4. The van der Waals surface area contributed by atoms with Crippen LogP contribution >= 0.6 is 24.0 Å². The summed E-state index contributed by atoms with van der Waals surface area (Å²) in [5.74, 6) is 2.47. The van der Waals surface area contributed by atoms with Crippen LogP contribution in [-0.2, 0) is 20.0 Å². The maximum absolute atomic E-state index is 5.44. The van der Waals surface area contributed by atoms with E-state index >= 15 is 0 Å². The number of aliphatic imine (C=N–C) groups is 1. The molecule has 1 atom stereocenters. The smallest absolute Gasteiger partial charge is 0.194 e. The molecule has 6 nitrogen and oxygen atoms in total. The molecule has 1 aliphatic heterocycles. The molecule has 0 spiro atoms. The lowest BCUT2D eigenvalue weighted by molar-refractivity contribution is 0.475. The molecule has 2 aromatic heterocycles. The zero-order chi connectivity index (χ0) is 19.2. The number of guanidine groups is 1. The molecule has 3 aromatic rings. The summed E-state index contributed by atoms with van der Waals surface area (Å²) in [6.07, 6.45) is 7.80. The fraction of sp³-hybridized carbons (Fsp3) is 0.364. The Balaban J connectivity index is 0.00000240. The molecule has 0 radical (unpaired) electrons. The summed E-state index contributed by atoms with van der Waals surface area (Å²) in [4.78, 5) is 7.27. The molecule has 0 bridgehead atoms. The highest BCUT2D eigenvalue weighted by Crippen LogP contribution is 2.26. The number of nitrogens with zero attached hydrogens (tertiary/aromatic N) is 4. The largest absolute Gasteiger partial charge is 0.469 e. The van der Waals surface area contributed by atoms with Crippen molar-refractivity contribution in [2.45, 2.75) is 25.3 Å². The Bertz CT molecular complexity index is 891. The molecular formula is C22H28IN5O. The van der Waals surface area contributed by atoms with Gasteiger partial charge in [-0.05, 0) is 29.7 Å². The Hall–Kier alpha value is -2.29. The van der Waals surface area contributed by atoms with E-state index in [1.165, 1.54) is 11.1 Å². The van der Waals surface area contributed by atoms with E-state index in [2.05, 4.69) is 45.8 Å². The third-order valence-corrected chi connectivity index (χ3v) is 5.17. The molecular weight excluding hydrogens is 477 g/mol. The van der Waals surface area contributed by atoms with E-state index in [1.54, 1.807) is 6.26 Å². The molecule has 3 heterocycles. The van der Waals surface area contributed by atoms with Crippen molar-refractivity contribution in [3.63, 3.8) is 0 Å². The van der Waals surface area contributed by atoms with Crippen LogP contribution in [0.15, 0.2) is 70.5 Å². The molecule has 0 amide bonds. The second kappa shape index (κ2) is 10.5. The fourth-order valence-corrected chi connectivity index (χ4v) is 3.65. The number of benzene rings is 1. The average Bonchev–Trinajstić information content (AvgIpc) is 3.47. The van der Waals surface area contributed by atoms with E-state index in [0.717, 1.165) is 44.2 Å². The van der Waals surface area contributed by atoms with Gasteiger partial charge in [-0.1, -0.05) is 30.3 Å². The monoisotopic (exact) mass is 505 g/mol. The van der Waals surface area contributed by atoms with Gasteiger partial charge >= 0.3 is 0 Å². The number of halogens is 1. The number of hydrogen-bond acceptors (Lipinski definition) is 3. The summed E-state index contributed by atoms with van der Waals surface area (Å²) in [6, 6.07) is 14.3. The minimum atomic E-state index is 0. The highest BCUT2D eigenvalue weighted by atomic mass is 127. The van der Waals surface area contributed by atoms with Crippen LogP contribution in [0.2, 0.25) is 0 Å². The molecule has 29 heavy (non-hydrogen) atoms. The predicted molar refractivity (Wildman–Crippen MR) is 126 cm³/mol. The third-order valence-electron chi connectivity index (χ3n) is 5.17. The van der Waals surface area contributed by atoms with E-state index in [1.807, 2.05) is 36.1 Å². The molecule has 1 N–H and O–H groups in total. The Kier molecular flexibility index (Phi) is 7.74. The summed E-state index contributed by atoms with van der Waals surface area (Å²) >= 11 is 0. The quantitative estimate of drug-likeness (QED) is 0.315. The second-order valence-electron chi connectivity index (χ2n) is 7.26. The lowest BCUT2D eigenvalue weighted by atomic mass is 10.0. The van der Waals surface area contributed by atoms with Crippen molar-refractivity contribution in [3.05, 3.63) is 78.0 Å². The normalized spacial score (nSPS) is 16.7. The Morgan fingerprint density at radius 1 is 1.24 bits per heavy atom. The lowest BCUT2D eigenvalue weighted by Gasteiger charge is -2.22. The number of hydrogen-bond donors (Lipinski definition) is 1. The van der Waals surface area contributed by atoms with Gasteiger partial charge in [-0.2, -0.15) is 5.10 Å². The molecule has 1 unspecified atom stereocenters. The van der Waals surface area contributed by atoms with Crippen molar-refractivity contribution in [1.29, 1.82) is 0 Å². The second-order valence-corrected chi connectivity index (χ2v) is 7.26. The van der Waals surface area contributed by atoms with Crippen molar-refractivity contribution in [3.8, 4) is 0 Å². The van der Waals surface area contributed by atoms with Crippen LogP contribution in [0, 0.1) is 0 Å². The highest BCUT2D eigenvalue weighted by molar-refractivity contribution is 14.0. The van der Waals surface area contributed by atoms with Crippen LogP contribution in [0.5, 0.6) is 0 Å². The first-order valence-electron chi connectivity index (χ1n) is 9.86. The minimum Gasteiger partial charge on any atom is -0.469 e. The van der Waals surface area contributed by atoms with Crippen LogP contribution < -0.4 is 5.32 Å². The van der Waals surface area contributed by atoms with Gasteiger partial charge in [0.05, 0.1) is 19.0 Å². The van der Waals surface area contributed by atoms with Gasteiger partial charge in [0, 0.05) is 45.2 Å². The number of likely N-dealkylation sites (tertiary alicyclic amines) is 1. The first-order valence-corrected chi connectivity index (χ1v) is 9.86. The van der Waals surface area contributed by atoms with E-state index in [9.17, 15) is 0 Å². The molecule has 1 saturated heterocycles. The standard InChI is InChI=1S/C22H27N5O.HI/c1-26-16-20(15-25-26)19-10-12-27(17-19)22(23-11-9-21-8-5-13-28-21)24-14-18-6-3-2-4-7-18;/h2-8,13,15-16,19H,9-12,14,17H2,1H3,(H,23,24);1H. The van der Waals surface area contributed by atoms with E-state index in [0.29, 0.717) is 12.5 Å². The summed E-state index contributed by atoms with van der Waals surface area (Å²) in [5.41, 5.74) is 2.53. The zero-order valence-corrected chi connectivity index (χ0v) is 19.0. The van der Waals surface area contributed by atoms with Gasteiger partial charge in [0.15, 0.2) is 5.96 Å². The molecule has 154 valence electrons. The van der Waals surface area contributed by atoms with Crippen LogP contribution in [0.3, 0.4) is 0 Å². The van der Waals surface area contributed by atoms with Crippen molar-refractivity contribution in [2.24, 2.45) is 12.0 Å². The van der Waals surface area contributed by atoms with Crippen molar-refractivity contribution in [1.82, 2.24) is 20.0 Å². The molecule has 1 fully saturated rings. The molecule has 1 aromatic carbocycles. The summed E-state index contributed by atoms with van der Waals surface area (Å²) < 4.78 is 7.32. The molecule has 7 heteroatoms. The number of furan rings is 1. The summed E-state index contributed by atoms with van der Waals surface area (Å²) in [6.45, 7) is 3.45. The predicted octanol–water partition coefficient (Wildman–Crippen LogP) is 3.81. The number of aryl methyl sites for hydroxylation is 1. The van der Waals surface area contributed by atoms with Gasteiger partial charge in [-0.15, -0.1) is 24.0 Å². The van der Waals surface area contributed by atoms with E-state index in [-0.39, 0.29) is 24.0 Å². The van der Waals surface area contributed by atoms with Crippen LogP contribution in [0.25, 0.3) is 0 Å². The topological polar surface area (TPSA) is 58.6 Å². The Morgan fingerprint density at radius 2 is 2.10 bits per heavy atom. The van der Waals surface area contributed by atoms with E-state index < -0.39 is 0 Å². The zero-order valence-electron chi connectivity index (χ0n) is 16.7. The van der Waals surface area contributed by atoms with Gasteiger partial charge in [0.25, 0.3) is 0 Å². The fourth-order valence-electron chi connectivity index (χ4n) is 3.65. The number of aromatic nitrogens is 2. The van der Waals surface area contributed by atoms with Crippen molar-refractivity contribution < 1.29 is 4.42 Å². The maximum Gasteiger partial charge on any atom is 0.194 e. The molecule has 0 saturated carbocycles. The SMILES string of the molecule is Cn1cc(C2CCN(C(=NCc3ccccc3)NCCc3ccco3)C2)cn1.I. The Labute approximate surface area is 189 Å². The summed E-state index contributed by atoms with van der Waals surface area (Å²) in [5, 5.41) is 7.87. The van der Waals surface area contributed by atoms with Crippen molar-refractivity contribution >= 4 is 29.9 Å². The van der Waals surface area contributed by atoms with Crippen molar-refractivity contribution in [2.75, 3.05) is 19.6 Å². The van der Waals surface area contributed by atoms with Gasteiger partial charge in [-0.25, -0.2) is 4.99 Å². The number of rotatable bonds is 6. The first-order chi connectivity index (χ1) is 13.8. The van der Waals surface area contributed by atoms with Gasteiger partial charge < -0.3 is 14.6 Å². The Morgan fingerprint density at radius 3 is 2.83 bits per heavy atom. The molecule has 0 aliphatic carbocycles. The van der Waals surface area contributed by atoms with Crippen LogP contribution in [0.1, 0.15) is 29.2 Å². The molecule has 4 rings (SSSR count). The molecule has 1 aliphatic rings. The van der Waals surface area contributed by atoms with Gasteiger partial charge in [0.1, 0.15) is 5.76 Å². The van der Waals surface area contributed by atoms with Gasteiger partial charge in [0.2, 0.25) is 0 Å². The summed E-state index contributed by atoms with van der Waals surface area (Å²) in [7, 11) is 1.97. The maximum atomic E-state index is 5.44. The minimum absolute atomic E-state index is 0. The highest BCUT2D eigenvalue weighted by Gasteiger charge is 2.27. The number of nitrogens with one attached hydrogen (secondary N) is 1. The third kappa shape index (κ3) is 5.85. The van der Waals surface area contributed by atoms with E-state index in [4.69, 9.17) is 9.41 Å². The van der Waals surface area contributed by atoms with Gasteiger partial charge in [-0.3, -0.25) is 4.68 Å².